The van der Waals surface area contributed by atoms with Gasteiger partial charge >= 0.3 is 0 Å². The molecule has 0 spiro atoms. The van der Waals surface area contributed by atoms with Crippen molar-refractivity contribution in [3.05, 3.63) is 51.5 Å². The minimum atomic E-state index is -0.364. The van der Waals surface area contributed by atoms with Gasteiger partial charge in [0.05, 0.1) is 33.9 Å². The quantitative estimate of drug-likeness (QED) is 0.830. The first kappa shape index (κ1) is 17.1. The lowest BCUT2D eigenvalue weighted by molar-refractivity contribution is -0.118. The number of halogens is 2. The molecule has 5 nitrogen and oxygen atoms in total. The van der Waals surface area contributed by atoms with Crippen molar-refractivity contribution in [3.8, 4) is 17.6 Å². The molecule has 0 aliphatic heterocycles. The Bertz CT molecular complexity index is 774. The molecule has 0 aromatic heterocycles. The van der Waals surface area contributed by atoms with E-state index in [4.69, 9.17) is 26.3 Å². The van der Waals surface area contributed by atoms with Crippen LogP contribution in [0.25, 0.3) is 0 Å². The number of ether oxygens (including phenoxy) is 2. The second kappa shape index (κ2) is 7.86. The van der Waals surface area contributed by atoms with Gasteiger partial charge in [-0.1, -0.05) is 23.7 Å². The smallest absolute Gasteiger partial charge is 0.262 e. The van der Waals surface area contributed by atoms with Gasteiger partial charge in [-0.3, -0.25) is 4.79 Å². The minimum absolute atomic E-state index is 0.230. The third-order valence-corrected chi connectivity index (χ3v) is 3.77. The number of rotatable bonds is 5. The van der Waals surface area contributed by atoms with Crippen LogP contribution in [0.15, 0.2) is 40.9 Å². The molecule has 2 aromatic rings. The third-order valence-electron chi connectivity index (χ3n) is 2.85. The number of anilines is 1. The number of amides is 1. The Labute approximate surface area is 146 Å². The normalized spacial score (nSPS) is 9.83. The average Bonchev–Trinajstić information content (AvgIpc) is 2.55. The largest absolute Gasteiger partial charge is 0.493 e. The highest BCUT2D eigenvalue weighted by Gasteiger charge is 2.14. The molecule has 0 aliphatic rings. The van der Waals surface area contributed by atoms with E-state index in [0.717, 1.165) is 0 Å². The summed E-state index contributed by atoms with van der Waals surface area (Å²) < 4.78 is 11.2. The van der Waals surface area contributed by atoms with Crippen molar-refractivity contribution in [1.82, 2.24) is 0 Å². The van der Waals surface area contributed by atoms with Gasteiger partial charge in [0.25, 0.3) is 5.91 Å². The fourth-order valence-electron chi connectivity index (χ4n) is 1.81. The molecule has 0 heterocycles. The molecule has 7 heteroatoms. The predicted octanol–water partition coefficient (Wildman–Crippen LogP) is 4.00. The second-order valence-corrected chi connectivity index (χ2v) is 5.68. The van der Waals surface area contributed by atoms with Gasteiger partial charge in [0.2, 0.25) is 0 Å². The van der Waals surface area contributed by atoms with Crippen LogP contribution in [0.4, 0.5) is 5.69 Å². The van der Waals surface area contributed by atoms with Crippen LogP contribution in [-0.2, 0) is 4.79 Å². The Hall–Kier alpha value is -2.23. The van der Waals surface area contributed by atoms with E-state index in [0.29, 0.717) is 32.2 Å². The number of methoxy groups -OCH3 is 1. The van der Waals surface area contributed by atoms with E-state index in [9.17, 15) is 4.79 Å². The highest BCUT2D eigenvalue weighted by Crippen LogP contribution is 2.36. The summed E-state index contributed by atoms with van der Waals surface area (Å²) in [6.45, 7) is -0.230. The molecule has 0 aliphatic carbocycles. The highest BCUT2D eigenvalue weighted by molar-refractivity contribution is 9.10. The van der Waals surface area contributed by atoms with E-state index >= 15 is 0 Å². The van der Waals surface area contributed by atoms with E-state index in [1.54, 1.807) is 30.3 Å². The molecule has 0 radical (unpaired) electrons. The van der Waals surface area contributed by atoms with Crippen LogP contribution in [0.5, 0.6) is 11.5 Å². The second-order valence-electron chi connectivity index (χ2n) is 4.42. The Kier molecular flexibility index (Phi) is 5.85. The minimum Gasteiger partial charge on any atom is -0.493 e. The summed E-state index contributed by atoms with van der Waals surface area (Å²) in [4.78, 5) is 12.0. The van der Waals surface area contributed by atoms with Crippen molar-refractivity contribution in [2.75, 3.05) is 19.0 Å². The SMILES string of the molecule is COc1cc(C#N)cc(Br)c1OCC(=O)Nc1ccccc1Cl. The molecule has 23 heavy (non-hydrogen) atoms. The number of benzene rings is 2. The van der Waals surface area contributed by atoms with Crippen LogP contribution in [0.3, 0.4) is 0 Å². The number of para-hydroxylation sites is 1. The number of hydrogen-bond donors (Lipinski definition) is 1. The summed E-state index contributed by atoms with van der Waals surface area (Å²) in [5.41, 5.74) is 0.926. The number of carbonyl (C=O) groups is 1. The molecule has 0 saturated carbocycles. The Morgan fingerprint density at radius 2 is 2.13 bits per heavy atom. The van der Waals surface area contributed by atoms with Crippen molar-refractivity contribution in [3.63, 3.8) is 0 Å². The van der Waals surface area contributed by atoms with Gasteiger partial charge in [0.1, 0.15) is 0 Å². The van der Waals surface area contributed by atoms with E-state index < -0.39 is 0 Å². The number of nitriles is 1. The third kappa shape index (κ3) is 4.38. The van der Waals surface area contributed by atoms with Gasteiger partial charge in [0, 0.05) is 6.07 Å². The van der Waals surface area contributed by atoms with Gasteiger partial charge in [0.15, 0.2) is 18.1 Å². The van der Waals surface area contributed by atoms with Gasteiger partial charge < -0.3 is 14.8 Å². The first-order valence-corrected chi connectivity index (χ1v) is 7.67. The van der Waals surface area contributed by atoms with Crippen molar-refractivity contribution in [2.45, 2.75) is 0 Å². The first-order valence-electron chi connectivity index (χ1n) is 6.50. The standard InChI is InChI=1S/C16H12BrClN2O3/c1-22-14-7-10(8-19)6-11(17)16(14)23-9-15(21)20-13-5-3-2-4-12(13)18/h2-7H,9H2,1H3,(H,20,21). The van der Waals surface area contributed by atoms with Crippen molar-refractivity contribution in [1.29, 1.82) is 5.26 Å². The number of nitrogens with one attached hydrogen (secondary N) is 1. The molecule has 2 aromatic carbocycles. The van der Waals surface area contributed by atoms with Crippen LogP contribution in [0, 0.1) is 11.3 Å². The lowest BCUT2D eigenvalue weighted by Crippen LogP contribution is -2.20. The number of carbonyl (C=O) groups excluding carboxylic acids is 1. The zero-order valence-corrected chi connectivity index (χ0v) is 14.4. The fourth-order valence-corrected chi connectivity index (χ4v) is 2.55. The van der Waals surface area contributed by atoms with E-state index in [-0.39, 0.29) is 12.5 Å². The number of nitrogens with zero attached hydrogens (tertiary/aromatic N) is 1. The summed E-state index contributed by atoms with van der Waals surface area (Å²) in [6.07, 6.45) is 0. The van der Waals surface area contributed by atoms with Crippen molar-refractivity contribution >= 4 is 39.1 Å². The van der Waals surface area contributed by atoms with E-state index in [1.165, 1.54) is 13.2 Å². The van der Waals surface area contributed by atoms with Gasteiger partial charge in [-0.05, 0) is 34.1 Å². The average molecular weight is 396 g/mol. The molecular formula is C16H12BrClN2O3. The van der Waals surface area contributed by atoms with Crippen molar-refractivity contribution in [2.24, 2.45) is 0 Å². The van der Waals surface area contributed by atoms with E-state index in [2.05, 4.69) is 21.2 Å². The summed E-state index contributed by atoms with van der Waals surface area (Å²) in [5.74, 6) is 0.346. The molecule has 0 saturated heterocycles. The molecular weight excluding hydrogens is 384 g/mol. The molecule has 1 amide bonds. The maximum Gasteiger partial charge on any atom is 0.262 e. The topological polar surface area (TPSA) is 71.3 Å². The van der Waals surface area contributed by atoms with Gasteiger partial charge in [-0.25, -0.2) is 0 Å². The Morgan fingerprint density at radius 3 is 2.78 bits per heavy atom. The molecule has 118 valence electrons. The molecule has 0 bridgehead atoms. The zero-order valence-electron chi connectivity index (χ0n) is 12.1. The predicted molar refractivity (Wildman–Crippen MR) is 91.0 cm³/mol. The lowest BCUT2D eigenvalue weighted by atomic mass is 10.2. The highest BCUT2D eigenvalue weighted by atomic mass is 79.9. The summed E-state index contributed by atoms with van der Waals surface area (Å²) in [7, 11) is 1.46. The zero-order chi connectivity index (χ0) is 16.8. The molecule has 1 N–H and O–H groups in total. The van der Waals surface area contributed by atoms with Crippen LogP contribution < -0.4 is 14.8 Å². The summed E-state index contributed by atoms with van der Waals surface area (Å²) >= 11 is 9.28. The van der Waals surface area contributed by atoms with Crippen molar-refractivity contribution < 1.29 is 14.3 Å². The summed E-state index contributed by atoms with van der Waals surface area (Å²) in [5, 5.41) is 12.0. The van der Waals surface area contributed by atoms with Crippen LogP contribution >= 0.6 is 27.5 Å². The van der Waals surface area contributed by atoms with Crippen LogP contribution in [-0.4, -0.2) is 19.6 Å². The lowest BCUT2D eigenvalue weighted by Gasteiger charge is -2.13. The van der Waals surface area contributed by atoms with Crippen LogP contribution in [0.1, 0.15) is 5.56 Å². The molecule has 2 rings (SSSR count). The van der Waals surface area contributed by atoms with Gasteiger partial charge in [-0.15, -0.1) is 0 Å². The van der Waals surface area contributed by atoms with E-state index in [1.807, 2.05) is 6.07 Å². The van der Waals surface area contributed by atoms with Gasteiger partial charge in [-0.2, -0.15) is 5.26 Å². The molecule has 0 atom stereocenters. The first-order chi connectivity index (χ1) is 11.0. The summed E-state index contributed by atoms with van der Waals surface area (Å²) in [6, 6.07) is 12.0. The van der Waals surface area contributed by atoms with Crippen LogP contribution in [0.2, 0.25) is 5.02 Å². The molecule has 0 fully saturated rings. The Morgan fingerprint density at radius 1 is 1.39 bits per heavy atom. The maximum absolute atomic E-state index is 12.0. The monoisotopic (exact) mass is 394 g/mol. The Balaban J connectivity index is 2.08. The fraction of sp³-hybridized carbons (Fsp3) is 0.125. The number of hydrogen-bond acceptors (Lipinski definition) is 4. The molecule has 0 unspecified atom stereocenters. The maximum atomic E-state index is 12.0.